The summed E-state index contributed by atoms with van der Waals surface area (Å²) < 4.78 is 48.2. The Hall–Kier alpha value is -2.33. The lowest BCUT2D eigenvalue weighted by Gasteiger charge is -2.32. The molecule has 0 bridgehead atoms. The van der Waals surface area contributed by atoms with E-state index in [1.165, 1.54) is 24.5 Å². The van der Waals surface area contributed by atoms with E-state index < -0.39 is 10.0 Å². The lowest BCUT2D eigenvalue weighted by molar-refractivity contribution is 0.0712. The molecule has 1 N–H and O–H groups in total. The zero-order valence-electron chi connectivity index (χ0n) is 17.0. The van der Waals surface area contributed by atoms with Crippen LogP contribution in [0.4, 0.5) is 4.39 Å². The molecule has 0 unspecified atom stereocenters. The molecule has 1 amide bonds. The first kappa shape index (κ1) is 21.9. The highest BCUT2D eigenvalue weighted by molar-refractivity contribution is 7.89. The van der Waals surface area contributed by atoms with Gasteiger partial charge in [-0.3, -0.25) is 4.79 Å². The van der Waals surface area contributed by atoms with E-state index in [1.54, 1.807) is 47.4 Å². The van der Waals surface area contributed by atoms with Crippen molar-refractivity contribution in [2.24, 2.45) is 0 Å². The Bertz CT molecular complexity index is 1190. The number of benzene rings is 2. The number of amides is 1. The number of hydrogen-bond donors (Lipinski definition) is 1. The predicted molar refractivity (Wildman–Crippen MR) is 118 cm³/mol. The number of halogens is 1. The fraction of sp³-hybridized carbons (Fsp3) is 0.318. The van der Waals surface area contributed by atoms with Gasteiger partial charge in [-0.05, 0) is 37.1 Å². The minimum atomic E-state index is -3.60. The molecule has 2 aromatic carbocycles. The summed E-state index contributed by atoms with van der Waals surface area (Å²) in [4.78, 5) is 15.6. The summed E-state index contributed by atoms with van der Waals surface area (Å²) in [6.45, 7) is 0.989. The Balaban J connectivity index is 1.48. The molecular weight excluding hydrogens is 439 g/mol. The van der Waals surface area contributed by atoms with Crippen LogP contribution in [-0.4, -0.2) is 45.5 Å². The summed E-state index contributed by atoms with van der Waals surface area (Å²) in [5, 5.41) is 0.434. The fourth-order valence-electron chi connectivity index (χ4n) is 3.85. The summed E-state index contributed by atoms with van der Waals surface area (Å²) in [5.74, 6) is -0.536. The van der Waals surface area contributed by atoms with E-state index in [0.29, 0.717) is 46.5 Å². The molecule has 164 valence electrons. The van der Waals surface area contributed by atoms with Crippen molar-refractivity contribution in [1.82, 2.24) is 9.62 Å². The quantitative estimate of drug-likeness (QED) is 0.605. The minimum Gasteiger partial charge on any atom is -0.380 e. The zero-order chi connectivity index (χ0) is 22.0. The average molecular weight is 463 g/mol. The highest BCUT2D eigenvalue weighted by Gasteiger charge is 2.30. The summed E-state index contributed by atoms with van der Waals surface area (Å²) >= 11 is 1.27. The number of nitrogens with zero attached hydrogens (tertiary/aromatic N) is 1. The largest absolute Gasteiger partial charge is 0.380 e. The lowest BCUT2D eigenvalue weighted by Crippen LogP contribution is -2.46. The third-order valence-corrected chi connectivity index (χ3v) is 8.13. The van der Waals surface area contributed by atoms with Crippen LogP contribution in [0.1, 0.15) is 28.1 Å². The Morgan fingerprint density at radius 3 is 2.55 bits per heavy atom. The SMILES string of the molecule is COCc1c(C(=O)N2CCC(NS(=O)(=O)c3ccccc3)CC2)sc2cccc(F)c12. The zero-order valence-corrected chi connectivity index (χ0v) is 18.6. The second kappa shape index (κ2) is 9.04. The van der Waals surface area contributed by atoms with Gasteiger partial charge in [0.05, 0.1) is 16.4 Å². The molecule has 0 spiro atoms. The van der Waals surface area contributed by atoms with Crippen molar-refractivity contribution in [2.75, 3.05) is 20.2 Å². The Labute approximate surface area is 184 Å². The summed E-state index contributed by atoms with van der Waals surface area (Å²) in [6, 6.07) is 12.8. The molecule has 3 aromatic rings. The molecule has 1 aromatic heterocycles. The van der Waals surface area contributed by atoms with Gasteiger partial charge in [0, 0.05) is 41.9 Å². The highest BCUT2D eigenvalue weighted by Crippen LogP contribution is 2.35. The maximum atomic E-state index is 14.4. The van der Waals surface area contributed by atoms with Gasteiger partial charge in [0.25, 0.3) is 5.91 Å². The van der Waals surface area contributed by atoms with Crippen molar-refractivity contribution in [3.05, 3.63) is 64.8 Å². The third-order valence-electron chi connectivity index (χ3n) is 5.40. The highest BCUT2D eigenvalue weighted by atomic mass is 32.2. The van der Waals surface area contributed by atoms with Crippen molar-refractivity contribution >= 4 is 37.4 Å². The molecule has 1 aliphatic heterocycles. The van der Waals surface area contributed by atoms with Crippen LogP contribution in [0.5, 0.6) is 0 Å². The number of fused-ring (bicyclic) bond motifs is 1. The number of sulfonamides is 1. The first-order chi connectivity index (χ1) is 14.9. The smallest absolute Gasteiger partial charge is 0.264 e. The van der Waals surface area contributed by atoms with Gasteiger partial charge >= 0.3 is 0 Å². The number of carbonyl (C=O) groups is 1. The first-order valence-electron chi connectivity index (χ1n) is 9.96. The molecule has 0 aliphatic carbocycles. The molecular formula is C22H23FN2O4S2. The Morgan fingerprint density at radius 2 is 1.87 bits per heavy atom. The van der Waals surface area contributed by atoms with Crippen LogP contribution in [0, 0.1) is 5.82 Å². The van der Waals surface area contributed by atoms with E-state index in [9.17, 15) is 17.6 Å². The summed E-state index contributed by atoms with van der Waals surface area (Å²) in [6.07, 6.45) is 1.02. The molecule has 9 heteroatoms. The number of hydrogen-bond acceptors (Lipinski definition) is 5. The van der Waals surface area contributed by atoms with Gasteiger partial charge in [0.1, 0.15) is 5.82 Å². The van der Waals surface area contributed by atoms with Gasteiger partial charge in [-0.1, -0.05) is 24.3 Å². The van der Waals surface area contributed by atoms with E-state index in [1.807, 2.05) is 0 Å². The lowest BCUT2D eigenvalue weighted by atomic mass is 10.1. The standard InChI is InChI=1S/C22H23FN2O4S2/c1-29-14-17-20-18(23)8-5-9-19(20)30-21(17)22(26)25-12-10-15(11-13-25)24-31(27,28)16-6-3-2-4-7-16/h2-9,15,24H,10-14H2,1H3. The molecule has 1 fully saturated rings. The maximum absolute atomic E-state index is 14.4. The second-order valence-electron chi connectivity index (χ2n) is 7.46. The normalized spacial score (nSPS) is 15.5. The number of methoxy groups -OCH3 is 1. The first-order valence-corrected chi connectivity index (χ1v) is 12.3. The minimum absolute atomic E-state index is 0.148. The van der Waals surface area contributed by atoms with Crippen molar-refractivity contribution in [2.45, 2.75) is 30.4 Å². The van der Waals surface area contributed by atoms with Crippen LogP contribution in [0.25, 0.3) is 10.1 Å². The molecule has 0 radical (unpaired) electrons. The number of thiophene rings is 1. The monoisotopic (exact) mass is 462 g/mol. The van der Waals surface area contributed by atoms with Crippen molar-refractivity contribution in [3.8, 4) is 0 Å². The van der Waals surface area contributed by atoms with E-state index >= 15 is 0 Å². The molecule has 1 saturated heterocycles. The number of likely N-dealkylation sites (tertiary alicyclic amines) is 1. The van der Waals surface area contributed by atoms with Crippen molar-refractivity contribution < 1.29 is 22.3 Å². The van der Waals surface area contributed by atoms with Crippen molar-refractivity contribution in [1.29, 1.82) is 0 Å². The predicted octanol–water partition coefficient (Wildman–Crippen LogP) is 3.77. The molecule has 4 rings (SSSR count). The van der Waals surface area contributed by atoms with Crippen LogP contribution < -0.4 is 4.72 Å². The number of ether oxygens (including phenoxy) is 1. The van der Waals surface area contributed by atoms with Crippen molar-refractivity contribution in [3.63, 3.8) is 0 Å². The number of piperidine rings is 1. The van der Waals surface area contributed by atoms with Crippen LogP contribution in [0.2, 0.25) is 0 Å². The van der Waals surface area contributed by atoms with Gasteiger partial charge in [-0.2, -0.15) is 0 Å². The van der Waals surface area contributed by atoms with Gasteiger partial charge < -0.3 is 9.64 Å². The number of nitrogens with one attached hydrogen (secondary N) is 1. The van der Waals surface area contributed by atoms with Gasteiger partial charge in [-0.25, -0.2) is 17.5 Å². The van der Waals surface area contributed by atoms with Crippen LogP contribution >= 0.6 is 11.3 Å². The molecule has 0 saturated carbocycles. The summed E-state index contributed by atoms with van der Waals surface area (Å²) in [5.41, 5.74) is 0.567. The van der Waals surface area contributed by atoms with E-state index in [-0.39, 0.29) is 29.3 Å². The molecule has 0 atom stereocenters. The second-order valence-corrected chi connectivity index (χ2v) is 10.2. The van der Waals surface area contributed by atoms with Gasteiger partial charge in [0.2, 0.25) is 10.0 Å². The molecule has 31 heavy (non-hydrogen) atoms. The third kappa shape index (κ3) is 4.50. The topological polar surface area (TPSA) is 75.7 Å². The van der Waals surface area contributed by atoms with Crippen LogP contribution in [0.3, 0.4) is 0 Å². The number of rotatable bonds is 6. The van der Waals surface area contributed by atoms with Crippen LogP contribution in [0.15, 0.2) is 53.4 Å². The Kier molecular flexibility index (Phi) is 6.38. The molecule has 2 heterocycles. The van der Waals surface area contributed by atoms with Crippen LogP contribution in [-0.2, 0) is 21.4 Å². The summed E-state index contributed by atoms with van der Waals surface area (Å²) in [7, 11) is -2.08. The van der Waals surface area contributed by atoms with Gasteiger partial charge in [-0.15, -0.1) is 11.3 Å². The molecule has 6 nitrogen and oxygen atoms in total. The van der Waals surface area contributed by atoms with E-state index in [2.05, 4.69) is 4.72 Å². The van der Waals surface area contributed by atoms with Gasteiger partial charge in [0.15, 0.2) is 0 Å². The Morgan fingerprint density at radius 1 is 1.16 bits per heavy atom. The van der Waals surface area contributed by atoms with E-state index in [0.717, 1.165) is 0 Å². The average Bonchev–Trinajstić information content (AvgIpc) is 3.14. The number of carbonyl (C=O) groups excluding carboxylic acids is 1. The fourth-order valence-corrected chi connectivity index (χ4v) is 6.37. The molecule has 1 aliphatic rings. The maximum Gasteiger partial charge on any atom is 0.264 e. The van der Waals surface area contributed by atoms with E-state index in [4.69, 9.17) is 4.74 Å².